The lowest BCUT2D eigenvalue weighted by molar-refractivity contribution is -0.124. The van der Waals surface area contributed by atoms with Crippen LogP contribution in [0.4, 0.5) is 0 Å². The summed E-state index contributed by atoms with van der Waals surface area (Å²) in [5.74, 6) is -0.326. The molecule has 0 radical (unpaired) electrons. The summed E-state index contributed by atoms with van der Waals surface area (Å²) in [5, 5.41) is 3.11. The molecule has 2 aromatic carbocycles. The number of carbonyl (C=O) groups excluding carboxylic acids is 1. The van der Waals surface area contributed by atoms with E-state index in [2.05, 4.69) is 11.4 Å². The van der Waals surface area contributed by atoms with Gasteiger partial charge in [0, 0.05) is 0 Å². The molecule has 1 N–H and O–H groups in total. The van der Waals surface area contributed by atoms with Crippen LogP contribution in [0.2, 0.25) is 0 Å². The molecule has 148 valence electrons. The lowest BCUT2D eigenvalue weighted by atomic mass is 10.0. The van der Waals surface area contributed by atoms with Gasteiger partial charge in [0.1, 0.15) is 0 Å². The standard InChI is InChI=1S/C23H27NO3S/c1-16-9-10-17(2)21(15-16)28(26,27)23(13-5-6-14-23)22(25)24-20-12-11-18-7-3-4-8-19(18)20/h3-4,7-10,15,20H,5-6,11-14H2,1-2H3,(H,24,25). The first-order valence-electron chi connectivity index (χ1n) is 10.1. The van der Waals surface area contributed by atoms with Crippen LogP contribution in [0.3, 0.4) is 0 Å². The van der Waals surface area contributed by atoms with E-state index in [0.29, 0.717) is 23.3 Å². The highest BCUT2D eigenvalue weighted by Gasteiger charge is 2.53. The Bertz CT molecular complexity index is 1020. The molecule has 0 aliphatic heterocycles. The third-order valence-electron chi connectivity index (χ3n) is 6.41. The van der Waals surface area contributed by atoms with Crippen molar-refractivity contribution in [2.24, 2.45) is 0 Å². The summed E-state index contributed by atoms with van der Waals surface area (Å²) in [6, 6.07) is 13.4. The summed E-state index contributed by atoms with van der Waals surface area (Å²) in [4.78, 5) is 13.8. The molecule has 1 atom stereocenters. The quantitative estimate of drug-likeness (QED) is 0.841. The molecule has 0 spiro atoms. The third kappa shape index (κ3) is 2.96. The molecule has 2 aromatic rings. The molecule has 0 heterocycles. The van der Waals surface area contributed by atoms with Gasteiger partial charge in [-0.3, -0.25) is 4.79 Å². The van der Waals surface area contributed by atoms with Gasteiger partial charge in [0.25, 0.3) is 0 Å². The molecule has 0 saturated heterocycles. The number of aryl methyl sites for hydroxylation is 3. The van der Waals surface area contributed by atoms with E-state index in [9.17, 15) is 13.2 Å². The zero-order chi connectivity index (χ0) is 19.9. The van der Waals surface area contributed by atoms with E-state index in [1.165, 1.54) is 5.56 Å². The monoisotopic (exact) mass is 397 g/mol. The number of rotatable bonds is 4. The number of fused-ring (bicyclic) bond motifs is 1. The van der Waals surface area contributed by atoms with Crippen molar-refractivity contribution in [1.29, 1.82) is 0 Å². The van der Waals surface area contributed by atoms with Crippen LogP contribution in [0.1, 0.15) is 60.4 Å². The van der Waals surface area contributed by atoms with Gasteiger partial charge in [-0.2, -0.15) is 0 Å². The van der Waals surface area contributed by atoms with Crippen LogP contribution in [0, 0.1) is 13.8 Å². The summed E-state index contributed by atoms with van der Waals surface area (Å²) in [6.07, 6.45) is 4.05. The smallest absolute Gasteiger partial charge is 0.242 e. The molecule has 5 heteroatoms. The van der Waals surface area contributed by atoms with Gasteiger partial charge in [-0.1, -0.05) is 49.2 Å². The molecular formula is C23H27NO3S. The largest absolute Gasteiger partial charge is 0.348 e. The first kappa shape index (κ1) is 19.2. The number of hydrogen-bond acceptors (Lipinski definition) is 3. The Labute approximate surface area is 167 Å². The average Bonchev–Trinajstić information content (AvgIpc) is 3.32. The molecule has 2 aliphatic carbocycles. The number of nitrogens with one attached hydrogen (secondary N) is 1. The first-order valence-corrected chi connectivity index (χ1v) is 11.5. The highest BCUT2D eigenvalue weighted by molar-refractivity contribution is 7.93. The van der Waals surface area contributed by atoms with Gasteiger partial charge in [-0.15, -0.1) is 0 Å². The zero-order valence-electron chi connectivity index (χ0n) is 16.5. The predicted molar refractivity (Wildman–Crippen MR) is 110 cm³/mol. The first-order chi connectivity index (χ1) is 13.3. The number of sulfone groups is 1. The Kier molecular flexibility index (Phi) is 4.82. The van der Waals surface area contributed by atoms with Gasteiger partial charge in [-0.05, 0) is 67.9 Å². The maximum Gasteiger partial charge on any atom is 0.242 e. The minimum atomic E-state index is -3.78. The summed E-state index contributed by atoms with van der Waals surface area (Å²) in [7, 11) is -3.78. The fourth-order valence-corrected chi connectivity index (χ4v) is 7.15. The van der Waals surface area contributed by atoms with Crippen molar-refractivity contribution in [3.63, 3.8) is 0 Å². The van der Waals surface area contributed by atoms with Crippen molar-refractivity contribution in [3.8, 4) is 0 Å². The summed E-state index contributed by atoms with van der Waals surface area (Å²) in [5.41, 5.74) is 3.96. The topological polar surface area (TPSA) is 63.2 Å². The van der Waals surface area contributed by atoms with Crippen molar-refractivity contribution in [1.82, 2.24) is 5.32 Å². The van der Waals surface area contributed by atoms with Crippen molar-refractivity contribution < 1.29 is 13.2 Å². The minimum Gasteiger partial charge on any atom is -0.348 e. The fraction of sp³-hybridized carbons (Fsp3) is 0.435. The lowest BCUT2D eigenvalue weighted by Crippen LogP contribution is -2.51. The predicted octanol–water partition coefficient (Wildman–Crippen LogP) is 4.19. The van der Waals surface area contributed by atoms with E-state index >= 15 is 0 Å². The molecule has 0 bridgehead atoms. The maximum atomic E-state index is 13.7. The number of benzene rings is 2. The molecule has 4 nitrogen and oxygen atoms in total. The van der Waals surface area contributed by atoms with Crippen LogP contribution in [0.5, 0.6) is 0 Å². The number of carbonyl (C=O) groups is 1. The number of amides is 1. The molecule has 1 unspecified atom stereocenters. The van der Waals surface area contributed by atoms with Gasteiger partial charge in [0.15, 0.2) is 14.6 Å². The second-order valence-electron chi connectivity index (χ2n) is 8.24. The normalized spacial score (nSPS) is 20.7. The highest BCUT2D eigenvalue weighted by Crippen LogP contribution is 2.43. The lowest BCUT2D eigenvalue weighted by Gasteiger charge is -2.30. The third-order valence-corrected chi connectivity index (χ3v) is 9.05. The van der Waals surface area contributed by atoms with Gasteiger partial charge < -0.3 is 5.32 Å². The second-order valence-corrected chi connectivity index (χ2v) is 10.5. The Balaban J connectivity index is 1.70. The van der Waals surface area contributed by atoms with Crippen LogP contribution in [-0.4, -0.2) is 19.1 Å². The minimum absolute atomic E-state index is 0.102. The van der Waals surface area contributed by atoms with E-state index in [1.54, 1.807) is 13.0 Å². The Morgan fingerprint density at radius 2 is 1.79 bits per heavy atom. The van der Waals surface area contributed by atoms with Crippen molar-refractivity contribution in [3.05, 3.63) is 64.7 Å². The van der Waals surface area contributed by atoms with E-state index < -0.39 is 14.6 Å². The molecule has 1 amide bonds. The van der Waals surface area contributed by atoms with E-state index in [0.717, 1.165) is 36.8 Å². The van der Waals surface area contributed by atoms with E-state index in [-0.39, 0.29) is 11.9 Å². The van der Waals surface area contributed by atoms with Crippen LogP contribution in [0.25, 0.3) is 0 Å². The molecule has 2 aliphatic rings. The van der Waals surface area contributed by atoms with Gasteiger partial charge in [0.05, 0.1) is 10.9 Å². The van der Waals surface area contributed by atoms with E-state index in [1.807, 2.05) is 37.3 Å². The Morgan fingerprint density at radius 3 is 2.54 bits per heavy atom. The molecule has 4 rings (SSSR count). The molecule has 28 heavy (non-hydrogen) atoms. The van der Waals surface area contributed by atoms with Crippen LogP contribution in [0.15, 0.2) is 47.4 Å². The van der Waals surface area contributed by atoms with Crippen molar-refractivity contribution >= 4 is 15.7 Å². The fourth-order valence-electron chi connectivity index (χ4n) is 4.77. The highest BCUT2D eigenvalue weighted by atomic mass is 32.2. The maximum absolute atomic E-state index is 13.7. The summed E-state index contributed by atoms with van der Waals surface area (Å²) in [6.45, 7) is 3.69. The van der Waals surface area contributed by atoms with Gasteiger partial charge >= 0.3 is 0 Å². The van der Waals surface area contributed by atoms with Crippen molar-refractivity contribution in [2.45, 2.75) is 68.1 Å². The van der Waals surface area contributed by atoms with Crippen molar-refractivity contribution in [2.75, 3.05) is 0 Å². The number of hydrogen-bond donors (Lipinski definition) is 1. The molecule has 1 fully saturated rings. The molecule has 0 aromatic heterocycles. The summed E-state index contributed by atoms with van der Waals surface area (Å²) < 4.78 is 26.1. The molecule has 1 saturated carbocycles. The second kappa shape index (κ2) is 7.03. The molecular weight excluding hydrogens is 370 g/mol. The van der Waals surface area contributed by atoms with Crippen LogP contribution < -0.4 is 5.32 Å². The van der Waals surface area contributed by atoms with Crippen LogP contribution >= 0.6 is 0 Å². The average molecular weight is 398 g/mol. The van der Waals surface area contributed by atoms with Gasteiger partial charge in [-0.25, -0.2) is 8.42 Å². The van der Waals surface area contributed by atoms with E-state index in [4.69, 9.17) is 0 Å². The van der Waals surface area contributed by atoms with Gasteiger partial charge in [0.2, 0.25) is 5.91 Å². The Hall–Kier alpha value is -2.14. The van der Waals surface area contributed by atoms with Crippen LogP contribution in [-0.2, 0) is 21.1 Å². The summed E-state index contributed by atoms with van der Waals surface area (Å²) >= 11 is 0. The zero-order valence-corrected chi connectivity index (χ0v) is 17.3. The Morgan fingerprint density at radius 1 is 1.07 bits per heavy atom. The SMILES string of the molecule is Cc1ccc(C)c(S(=O)(=O)C2(C(=O)NC3CCc4ccccc43)CCCC2)c1.